The predicted octanol–water partition coefficient (Wildman–Crippen LogP) is 2.17. The van der Waals surface area contributed by atoms with E-state index in [0.29, 0.717) is 16.8 Å². The van der Waals surface area contributed by atoms with E-state index in [-0.39, 0.29) is 18.3 Å². The molecule has 1 amide bonds. The van der Waals surface area contributed by atoms with Gasteiger partial charge in [0, 0.05) is 11.9 Å². The summed E-state index contributed by atoms with van der Waals surface area (Å²) in [5.41, 5.74) is 0.343. The molecule has 110 valence electrons. The Hall–Kier alpha value is -2.27. The van der Waals surface area contributed by atoms with Gasteiger partial charge in [-0.2, -0.15) is 0 Å². The number of nitrogens with one attached hydrogen (secondary N) is 1. The lowest BCUT2D eigenvalue weighted by Crippen LogP contribution is -2.38. The molecule has 0 saturated carbocycles. The SMILES string of the molecule is Cc1ncccc1C(=O)NCC(C)(O)c1ccc(F)cc1. The quantitative estimate of drug-likeness (QED) is 0.906. The Labute approximate surface area is 122 Å². The summed E-state index contributed by atoms with van der Waals surface area (Å²) in [4.78, 5) is 16.1. The number of hydrogen-bond donors (Lipinski definition) is 2. The van der Waals surface area contributed by atoms with Crippen LogP contribution in [0.2, 0.25) is 0 Å². The van der Waals surface area contributed by atoms with Gasteiger partial charge in [0.2, 0.25) is 0 Å². The minimum Gasteiger partial charge on any atom is -0.384 e. The summed E-state index contributed by atoms with van der Waals surface area (Å²) in [6.07, 6.45) is 1.61. The number of carbonyl (C=O) groups excluding carboxylic acids is 1. The minimum absolute atomic E-state index is 0.0196. The summed E-state index contributed by atoms with van der Waals surface area (Å²) in [6.45, 7) is 3.33. The number of carbonyl (C=O) groups is 1. The van der Waals surface area contributed by atoms with Gasteiger partial charge in [-0.1, -0.05) is 12.1 Å². The van der Waals surface area contributed by atoms with Crippen LogP contribution < -0.4 is 5.32 Å². The van der Waals surface area contributed by atoms with Crippen LogP contribution in [0.3, 0.4) is 0 Å². The van der Waals surface area contributed by atoms with E-state index >= 15 is 0 Å². The highest BCUT2D eigenvalue weighted by Crippen LogP contribution is 2.20. The lowest BCUT2D eigenvalue weighted by molar-refractivity contribution is 0.0525. The van der Waals surface area contributed by atoms with Crippen LogP contribution in [0.25, 0.3) is 0 Å². The lowest BCUT2D eigenvalue weighted by Gasteiger charge is -2.24. The number of aryl methyl sites for hydroxylation is 1. The van der Waals surface area contributed by atoms with Crippen molar-refractivity contribution in [2.24, 2.45) is 0 Å². The third kappa shape index (κ3) is 3.64. The first-order valence-corrected chi connectivity index (χ1v) is 6.58. The molecule has 0 fully saturated rings. The summed E-state index contributed by atoms with van der Waals surface area (Å²) in [7, 11) is 0. The molecule has 0 aliphatic rings. The van der Waals surface area contributed by atoms with Crippen LogP contribution in [-0.4, -0.2) is 22.5 Å². The van der Waals surface area contributed by atoms with Gasteiger partial charge in [-0.05, 0) is 43.7 Å². The van der Waals surface area contributed by atoms with E-state index in [9.17, 15) is 14.3 Å². The Morgan fingerprint density at radius 2 is 2.00 bits per heavy atom. The molecule has 5 heteroatoms. The van der Waals surface area contributed by atoms with Gasteiger partial charge in [0.25, 0.3) is 5.91 Å². The van der Waals surface area contributed by atoms with Gasteiger partial charge >= 0.3 is 0 Å². The van der Waals surface area contributed by atoms with Crippen LogP contribution in [0.5, 0.6) is 0 Å². The van der Waals surface area contributed by atoms with Crippen LogP contribution in [0.1, 0.15) is 28.5 Å². The van der Waals surface area contributed by atoms with E-state index in [1.807, 2.05) is 0 Å². The summed E-state index contributed by atoms with van der Waals surface area (Å²) in [5.74, 6) is -0.674. The number of aromatic nitrogens is 1. The van der Waals surface area contributed by atoms with Crippen molar-refractivity contribution >= 4 is 5.91 Å². The average Bonchev–Trinajstić information content (AvgIpc) is 2.46. The van der Waals surface area contributed by atoms with E-state index in [4.69, 9.17) is 0 Å². The van der Waals surface area contributed by atoms with Gasteiger partial charge in [0.05, 0.1) is 12.1 Å². The number of hydrogen-bond acceptors (Lipinski definition) is 3. The van der Waals surface area contributed by atoms with Gasteiger partial charge in [0.1, 0.15) is 11.4 Å². The van der Waals surface area contributed by atoms with E-state index < -0.39 is 5.60 Å². The maximum absolute atomic E-state index is 12.9. The molecule has 4 nitrogen and oxygen atoms in total. The van der Waals surface area contributed by atoms with Crippen molar-refractivity contribution < 1.29 is 14.3 Å². The highest BCUT2D eigenvalue weighted by atomic mass is 19.1. The molecular weight excluding hydrogens is 271 g/mol. The Kier molecular flexibility index (Phi) is 4.33. The van der Waals surface area contributed by atoms with Crippen LogP contribution >= 0.6 is 0 Å². The third-order valence-electron chi connectivity index (χ3n) is 3.31. The fourth-order valence-corrected chi connectivity index (χ4v) is 1.98. The fraction of sp³-hybridized carbons (Fsp3) is 0.250. The number of benzene rings is 1. The molecule has 1 aromatic carbocycles. The molecular formula is C16H17FN2O2. The zero-order valence-electron chi connectivity index (χ0n) is 11.9. The zero-order valence-corrected chi connectivity index (χ0v) is 11.9. The summed E-state index contributed by atoms with van der Waals surface area (Å²) in [5, 5.41) is 13.1. The second-order valence-electron chi connectivity index (χ2n) is 5.10. The van der Waals surface area contributed by atoms with Crippen molar-refractivity contribution in [3.05, 3.63) is 65.2 Å². The zero-order chi connectivity index (χ0) is 15.5. The number of aliphatic hydroxyl groups is 1. The molecule has 1 unspecified atom stereocenters. The van der Waals surface area contributed by atoms with Crippen molar-refractivity contribution in [1.82, 2.24) is 10.3 Å². The topological polar surface area (TPSA) is 62.2 Å². The normalized spacial score (nSPS) is 13.5. The van der Waals surface area contributed by atoms with Gasteiger partial charge in [0.15, 0.2) is 0 Å². The molecule has 0 saturated heterocycles. The summed E-state index contributed by atoms with van der Waals surface area (Å²) >= 11 is 0. The number of nitrogens with zero attached hydrogens (tertiary/aromatic N) is 1. The predicted molar refractivity (Wildman–Crippen MR) is 77.3 cm³/mol. The molecule has 1 aromatic heterocycles. The standard InChI is InChI=1S/C16H17FN2O2/c1-11-14(4-3-9-18-11)15(20)19-10-16(2,21)12-5-7-13(17)8-6-12/h3-9,21H,10H2,1-2H3,(H,19,20). The van der Waals surface area contributed by atoms with Crippen molar-refractivity contribution in [3.8, 4) is 0 Å². The van der Waals surface area contributed by atoms with Gasteiger partial charge in [-0.25, -0.2) is 4.39 Å². The maximum Gasteiger partial charge on any atom is 0.253 e. The average molecular weight is 288 g/mol. The van der Waals surface area contributed by atoms with E-state index in [0.717, 1.165) is 0 Å². The number of pyridine rings is 1. The van der Waals surface area contributed by atoms with Crippen LogP contribution in [0, 0.1) is 12.7 Å². The van der Waals surface area contributed by atoms with Crippen LogP contribution in [0.4, 0.5) is 4.39 Å². The van der Waals surface area contributed by atoms with Gasteiger partial charge < -0.3 is 10.4 Å². The molecule has 2 N–H and O–H groups in total. The first kappa shape index (κ1) is 15.1. The Balaban J connectivity index is 2.06. The van der Waals surface area contributed by atoms with E-state index in [2.05, 4.69) is 10.3 Å². The fourth-order valence-electron chi connectivity index (χ4n) is 1.98. The first-order valence-electron chi connectivity index (χ1n) is 6.58. The van der Waals surface area contributed by atoms with Crippen molar-refractivity contribution in [2.75, 3.05) is 6.54 Å². The number of rotatable bonds is 4. The number of halogens is 1. The van der Waals surface area contributed by atoms with Crippen molar-refractivity contribution in [3.63, 3.8) is 0 Å². The first-order chi connectivity index (χ1) is 9.90. The van der Waals surface area contributed by atoms with Gasteiger partial charge in [-0.15, -0.1) is 0 Å². The van der Waals surface area contributed by atoms with E-state index in [1.54, 1.807) is 32.2 Å². The summed E-state index contributed by atoms with van der Waals surface area (Å²) in [6, 6.07) is 8.89. The van der Waals surface area contributed by atoms with Crippen LogP contribution in [-0.2, 0) is 5.60 Å². The lowest BCUT2D eigenvalue weighted by atomic mass is 9.96. The molecule has 2 aromatic rings. The monoisotopic (exact) mass is 288 g/mol. The Bertz CT molecular complexity index is 639. The smallest absolute Gasteiger partial charge is 0.253 e. The number of amides is 1. The highest BCUT2D eigenvalue weighted by molar-refractivity contribution is 5.95. The molecule has 0 spiro atoms. The molecule has 1 heterocycles. The Morgan fingerprint density at radius 1 is 1.33 bits per heavy atom. The highest BCUT2D eigenvalue weighted by Gasteiger charge is 2.24. The van der Waals surface area contributed by atoms with Gasteiger partial charge in [-0.3, -0.25) is 9.78 Å². The van der Waals surface area contributed by atoms with Crippen LogP contribution in [0.15, 0.2) is 42.6 Å². The third-order valence-corrected chi connectivity index (χ3v) is 3.31. The van der Waals surface area contributed by atoms with Crippen molar-refractivity contribution in [2.45, 2.75) is 19.4 Å². The Morgan fingerprint density at radius 3 is 2.62 bits per heavy atom. The molecule has 0 radical (unpaired) electrons. The molecule has 0 aliphatic heterocycles. The van der Waals surface area contributed by atoms with E-state index in [1.165, 1.54) is 24.3 Å². The minimum atomic E-state index is -1.28. The maximum atomic E-state index is 12.9. The second-order valence-corrected chi connectivity index (χ2v) is 5.10. The molecule has 21 heavy (non-hydrogen) atoms. The largest absolute Gasteiger partial charge is 0.384 e. The second kappa shape index (κ2) is 6.01. The molecule has 0 bridgehead atoms. The van der Waals surface area contributed by atoms with Crippen molar-refractivity contribution in [1.29, 1.82) is 0 Å². The molecule has 0 aliphatic carbocycles. The molecule has 2 rings (SSSR count). The molecule has 1 atom stereocenters. The summed E-state index contributed by atoms with van der Waals surface area (Å²) < 4.78 is 12.9.